The first-order chi connectivity index (χ1) is 9.08. The van der Waals surface area contributed by atoms with E-state index in [1.54, 1.807) is 7.11 Å². The smallest absolute Gasteiger partial charge is 0.0642 e. The van der Waals surface area contributed by atoms with Gasteiger partial charge in [-0.3, -0.25) is 0 Å². The molecule has 0 bridgehead atoms. The molecule has 0 heterocycles. The zero-order valence-electron chi connectivity index (χ0n) is 12.4. The Morgan fingerprint density at radius 3 is 2.63 bits per heavy atom. The Bertz CT molecular complexity index is 382. The highest BCUT2D eigenvalue weighted by molar-refractivity contribution is 6.33. The molecule has 108 valence electrons. The number of rotatable bonds is 8. The van der Waals surface area contributed by atoms with Crippen LogP contribution in [0.1, 0.15) is 19.4 Å². The zero-order valence-corrected chi connectivity index (χ0v) is 13.1. The Morgan fingerprint density at radius 1 is 1.37 bits per heavy atom. The number of hydrogen-bond acceptors (Lipinski definition) is 3. The molecule has 0 saturated carbocycles. The van der Waals surface area contributed by atoms with E-state index in [1.165, 1.54) is 5.56 Å². The molecular formula is C15H25ClN2O. The number of anilines is 1. The molecule has 1 aromatic carbocycles. The van der Waals surface area contributed by atoms with Gasteiger partial charge in [0, 0.05) is 26.7 Å². The minimum Gasteiger partial charge on any atom is -0.383 e. The van der Waals surface area contributed by atoms with Gasteiger partial charge in [0.15, 0.2) is 0 Å². The Labute approximate surface area is 121 Å². The molecule has 0 aliphatic rings. The van der Waals surface area contributed by atoms with Gasteiger partial charge in [-0.25, -0.2) is 0 Å². The number of nitrogens with zero attached hydrogens (tertiary/aromatic N) is 1. The van der Waals surface area contributed by atoms with Gasteiger partial charge < -0.3 is 15.0 Å². The van der Waals surface area contributed by atoms with Gasteiger partial charge in [-0.1, -0.05) is 31.5 Å². The van der Waals surface area contributed by atoms with Crippen LogP contribution in [-0.2, 0) is 11.3 Å². The quantitative estimate of drug-likeness (QED) is 0.794. The molecule has 19 heavy (non-hydrogen) atoms. The van der Waals surface area contributed by atoms with E-state index in [4.69, 9.17) is 16.3 Å². The summed E-state index contributed by atoms with van der Waals surface area (Å²) in [6.07, 6.45) is 0. The molecule has 0 aliphatic carbocycles. The van der Waals surface area contributed by atoms with E-state index < -0.39 is 0 Å². The molecule has 1 rings (SSSR count). The molecule has 0 aliphatic heterocycles. The first-order valence-corrected chi connectivity index (χ1v) is 7.13. The van der Waals surface area contributed by atoms with Gasteiger partial charge in [-0.15, -0.1) is 0 Å². The highest BCUT2D eigenvalue weighted by atomic mass is 35.5. The van der Waals surface area contributed by atoms with Crippen LogP contribution in [0.5, 0.6) is 0 Å². The lowest BCUT2D eigenvalue weighted by atomic mass is 10.1. The summed E-state index contributed by atoms with van der Waals surface area (Å²) in [6, 6.07) is 6.26. The van der Waals surface area contributed by atoms with E-state index >= 15 is 0 Å². The maximum Gasteiger partial charge on any atom is 0.0642 e. The molecule has 0 radical (unpaired) electrons. The van der Waals surface area contributed by atoms with E-state index in [0.717, 1.165) is 30.3 Å². The van der Waals surface area contributed by atoms with Gasteiger partial charge in [-0.2, -0.15) is 0 Å². The summed E-state index contributed by atoms with van der Waals surface area (Å²) in [7, 11) is 3.66. The minimum absolute atomic E-state index is 0.588. The number of methoxy groups -OCH3 is 1. The van der Waals surface area contributed by atoms with Crippen molar-refractivity contribution in [3.8, 4) is 0 Å². The Morgan fingerprint density at radius 2 is 2.11 bits per heavy atom. The molecule has 3 nitrogen and oxygen atoms in total. The largest absolute Gasteiger partial charge is 0.383 e. The number of benzene rings is 1. The molecule has 0 unspecified atom stereocenters. The summed E-state index contributed by atoms with van der Waals surface area (Å²) in [6.45, 7) is 7.81. The van der Waals surface area contributed by atoms with Crippen molar-refractivity contribution in [3.63, 3.8) is 0 Å². The van der Waals surface area contributed by atoms with Crippen LogP contribution in [0.4, 0.5) is 5.69 Å². The summed E-state index contributed by atoms with van der Waals surface area (Å²) in [5.41, 5.74) is 2.29. The van der Waals surface area contributed by atoms with Gasteiger partial charge in [0.1, 0.15) is 0 Å². The monoisotopic (exact) mass is 284 g/mol. The van der Waals surface area contributed by atoms with Gasteiger partial charge in [0.05, 0.1) is 17.3 Å². The predicted octanol–water partition coefficient (Wildman–Crippen LogP) is 3.17. The van der Waals surface area contributed by atoms with Gasteiger partial charge in [0.2, 0.25) is 0 Å². The van der Waals surface area contributed by atoms with Crippen molar-refractivity contribution in [1.82, 2.24) is 5.32 Å². The molecule has 0 spiro atoms. The van der Waals surface area contributed by atoms with E-state index in [1.807, 2.05) is 13.1 Å². The fourth-order valence-corrected chi connectivity index (χ4v) is 2.40. The summed E-state index contributed by atoms with van der Waals surface area (Å²) in [5, 5.41) is 3.94. The van der Waals surface area contributed by atoms with E-state index in [9.17, 15) is 0 Å². The van der Waals surface area contributed by atoms with Crippen LogP contribution in [0.15, 0.2) is 18.2 Å². The summed E-state index contributed by atoms with van der Waals surface area (Å²) in [4.78, 5) is 2.29. The number of halogens is 1. The highest BCUT2D eigenvalue weighted by Gasteiger charge is 2.12. The first kappa shape index (κ1) is 16.3. The molecule has 0 atom stereocenters. The standard InChI is InChI=1S/C15H25ClN2O/c1-12(2)11-18(7-8-19-4)15-6-5-13(10-17-3)9-14(15)16/h5-6,9,12,17H,7-8,10-11H2,1-4H3. The summed E-state index contributed by atoms with van der Waals surface area (Å²) in [5.74, 6) is 0.588. The average molecular weight is 285 g/mol. The third-order valence-corrected chi connectivity index (χ3v) is 3.19. The second-order valence-corrected chi connectivity index (χ2v) is 5.56. The van der Waals surface area contributed by atoms with Gasteiger partial charge in [-0.05, 0) is 30.7 Å². The van der Waals surface area contributed by atoms with Crippen LogP contribution in [0.25, 0.3) is 0 Å². The van der Waals surface area contributed by atoms with Crippen molar-refractivity contribution >= 4 is 17.3 Å². The van der Waals surface area contributed by atoms with Crippen molar-refractivity contribution in [3.05, 3.63) is 28.8 Å². The van der Waals surface area contributed by atoms with Crippen LogP contribution in [0, 0.1) is 5.92 Å². The first-order valence-electron chi connectivity index (χ1n) is 6.75. The molecule has 0 amide bonds. The summed E-state index contributed by atoms with van der Waals surface area (Å²) < 4.78 is 5.18. The molecule has 1 aromatic rings. The van der Waals surface area contributed by atoms with Crippen molar-refractivity contribution in [2.24, 2.45) is 5.92 Å². The van der Waals surface area contributed by atoms with Crippen LogP contribution in [0.2, 0.25) is 5.02 Å². The Kier molecular flexibility index (Phi) is 7.21. The lowest BCUT2D eigenvalue weighted by molar-refractivity contribution is 0.204. The van der Waals surface area contributed by atoms with Gasteiger partial charge in [0.25, 0.3) is 0 Å². The van der Waals surface area contributed by atoms with Crippen LogP contribution in [0.3, 0.4) is 0 Å². The fraction of sp³-hybridized carbons (Fsp3) is 0.600. The van der Waals surface area contributed by atoms with Crippen molar-refractivity contribution in [2.75, 3.05) is 38.8 Å². The summed E-state index contributed by atoms with van der Waals surface area (Å²) >= 11 is 6.41. The second-order valence-electron chi connectivity index (χ2n) is 5.15. The van der Waals surface area contributed by atoms with Crippen molar-refractivity contribution in [1.29, 1.82) is 0 Å². The molecular weight excluding hydrogens is 260 g/mol. The van der Waals surface area contributed by atoms with Crippen LogP contribution < -0.4 is 10.2 Å². The lowest BCUT2D eigenvalue weighted by Gasteiger charge is -2.27. The van der Waals surface area contributed by atoms with Crippen molar-refractivity contribution in [2.45, 2.75) is 20.4 Å². The topological polar surface area (TPSA) is 24.5 Å². The molecule has 4 heteroatoms. The number of nitrogens with one attached hydrogen (secondary N) is 1. The van der Waals surface area contributed by atoms with Crippen LogP contribution in [-0.4, -0.2) is 33.9 Å². The average Bonchev–Trinajstić information content (AvgIpc) is 2.35. The number of hydrogen-bond donors (Lipinski definition) is 1. The minimum atomic E-state index is 0.588. The predicted molar refractivity (Wildman–Crippen MR) is 83.1 cm³/mol. The molecule has 0 saturated heterocycles. The molecule has 0 aromatic heterocycles. The number of ether oxygens (including phenoxy) is 1. The normalized spacial score (nSPS) is 11.1. The highest BCUT2D eigenvalue weighted by Crippen LogP contribution is 2.27. The SMILES string of the molecule is CNCc1ccc(N(CCOC)CC(C)C)c(Cl)c1. The van der Waals surface area contributed by atoms with Crippen LogP contribution >= 0.6 is 11.6 Å². The third-order valence-electron chi connectivity index (χ3n) is 2.88. The van der Waals surface area contributed by atoms with E-state index in [2.05, 4.69) is 36.2 Å². The van der Waals surface area contributed by atoms with Gasteiger partial charge >= 0.3 is 0 Å². The molecule has 0 fully saturated rings. The van der Waals surface area contributed by atoms with E-state index in [-0.39, 0.29) is 0 Å². The maximum atomic E-state index is 6.41. The Balaban J connectivity index is 2.87. The second kappa shape index (κ2) is 8.41. The Hall–Kier alpha value is -0.770. The third kappa shape index (κ3) is 5.39. The van der Waals surface area contributed by atoms with E-state index in [0.29, 0.717) is 12.5 Å². The maximum absolute atomic E-state index is 6.41. The van der Waals surface area contributed by atoms with Crippen molar-refractivity contribution < 1.29 is 4.74 Å². The zero-order chi connectivity index (χ0) is 14.3. The molecule has 1 N–H and O–H groups in total. The lowest BCUT2D eigenvalue weighted by Crippen LogP contribution is -2.31. The fourth-order valence-electron chi connectivity index (χ4n) is 2.07.